The summed E-state index contributed by atoms with van der Waals surface area (Å²) >= 11 is 0. The molecule has 2 N–H and O–H groups in total. The van der Waals surface area contributed by atoms with Crippen molar-refractivity contribution in [2.75, 3.05) is 17.2 Å². The Morgan fingerprint density at radius 1 is 0.958 bits per heavy atom. The summed E-state index contributed by atoms with van der Waals surface area (Å²) in [6, 6.07) is 5.97. The molecule has 0 heterocycles. The number of rotatable bonds is 7. The SMILES string of the molecule is CCS(=O)(=O)C=CN(C=CS(=O)(=O)CC)C(=O)c1ccc(N)cc1. The van der Waals surface area contributed by atoms with E-state index < -0.39 is 25.6 Å². The molecule has 0 unspecified atom stereocenters. The fourth-order valence-electron chi connectivity index (χ4n) is 1.47. The van der Waals surface area contributed by atoms with Gasteiger partial charge in [0.15, 0.2) is 19.7 Å². The molecule has 0 saturated carbocycles. The molecule has 0 aromatic heterocycles. The Balaban J connectivity index is 3.22. The van der Waals surface area contributed by atoms with Crippen LogP contribution in [0.1, 0.15) is 24.2 Å². The Labute approximate surface area is 142 Å². The van der Waals surface area contributed by atoms with Gasteiger partial charge in [0.05, 0.1) is 11.5 Å². The molecule has 0 radical (unpaired) electrons. The normalized spacial score (nSPS) is 12.8. The second kappa shape index (κ2) is 8.11. The van der Waals surface area contributed by atoms with Crippen molar-refractivity contribution in [2.24, 2.45) is 0 Å². The predicted molar refractivity (Wildman–Crippen MR) is 94.2 cm³/mol. The standard InChI is InChI=1S/C15H20N2O5S2/c1-3-23(19,20)11-9-17(10-12-24(21,22)4-2)15(18)13-5-7-14(16)8-6-13/h5-12H,3-4,16H2,1-2H3. The molecule has 0 aliphatic carbocycles. The molecule has 132 valence electrons. The summed E-state index contributed by atoms with van der Waals surface area (Å²) in [6.45, 7) is 2.92. The third-order valence-electron chi connectivity index (χ3n) is 3.05. The van der Waals surface area contributed by atoms with Gasteiger partial charge in [-0.1, -0.05) is 13.8 Å². The van der Waals surface area contributed by atoms with Crippen molar-refractivity contribution in [1.29, 1.82) is 0 Å². The molecule has 1 aromatic carbocycles. The van der Waals surface area contributed by atoms with Crippen LogP contribution in [-0.2, 0) is 19.7 Å². The summed E-state index contributed by atoms with van der Waals surface area (Å²) in [7, 11) is -6.95. The molecular weight excluding hydrogens is 352 g/mol. The molecule has 0 aliphatic rings. The minimum absolute atomic E-state index is 0.135. The van der Waals surface area contributed by atoms with Gasteiger partial charge in [-0.15, -0.1) is 0 Å². The zero-order chi connectivity index (χ0) is 18.4. The highest BCUT2D eigenvalue weighted by Crippen LogP contribution is 2.11. The van der Waals surface area contributed by atoms with Gasteiger partial charge in [0.25, 0.3) is 5.91 Å². The molecule has 0 spiro atoms. The zero-order valence-corrected chi connectivity index (χ0v) is 15.0. The highest BCUT2D eigenvalue weighted by atomic mass is 32.2. The molecular formula is C15H20N2O5S2. The Morgan fingerprint density at radius 2 is 1.38 bits per heavy atom. The van der Waals surface area contributed by atoms with E-state index in [1.807, 2.05) is 0 Å². The first-order chi connectivity index (χ1) is 11.1. The molecule has 0 bridgehead atoms. The van der Waals surface area contributed by atoms with E-state index in [9.17, 15) is 21.6 Å². The summed E-state index contributed by atoms with van der Waals surface area (Å²) in [5.74, 6) is -0.852. The van der Waals surface area contributed by atoms with Crippen LogP contribution in [0.2, 0.25) is 0 Å². The summed E-state index contributed by atoms with van der Waals surface area (Å²) in [4.78, 5) is 13.4. The predicted octanol–water partition coefficient (Wildman–Crippen LogP) is 1.52. The van der Waals surface area contributed by atoms with Crippen LogP contribution in [0.4, 0.5) is 5.69 Å². The van der Waals surface area contributed by atoms with Crippen molar-refractivity contribution in [3.63, 3.8) is 0 Å². The van der Waals surface area contributed by atoms with Crippen LogP contribution >= 0.6 is 0 Å². The van der Waals surface area contributed by atoms with Crippen molar-refractivity contribution < 1.29 is 21.6 Å². The number of carbonyl (C=O) groups excluding carboxylic acids is 1. The van der Waals surface area contributed by atoms with Gasteiger partial charge < -0.3 is 5.73 Å². The van der Waals surface area contributed by atoms with E-state index >= 15 is 0 Å². The molecule has 1 rings (SSSR count). The van der Waals surface area contributed by atoms with Gasteiger partial charge in [-0.25, -0.2) is 16.8 Å². The second-order valence-electron chi connectivity index (χ2n) is 4.81. The quantitative estimate of drug-likeness (QED) is 0.726. The fourth-order valence-corrected chi connectivity index (χ4v) is 2.49. The average molecular weight is 372 g/mol. The van der Waals surface area contributed by atoms with E-state index in [-0.39, 0.29) is 17.1 Å². The number of nitrogen functional groups attached to an aromatic ring is 1. The number of hydrogen-bond donors (Lipinski definition) is 1. The number of nitrogens with zero attached hydrogens (tertiary/aromatic N) is 1. The minimum Gasteiger partial charge on any atom is -0.399 e. The maximum absolute atomic E-state index is 12.5. The van der Waals surface area contributed by atoms with E-state index in [1.165, 1.54) is 38.1 Å². The Bertz CT molecular complexity index is 794. The number of nitrogens with two attached hydrogens (primary N) is 1. The lowest BCUT2D eigenvalue weighted by atomic mass is 10.2. The van der Waals surface area contributed by atoms with Gasteiger partial charge in [-0.05, 0) is 24.3 Å². The largest absolute Gasteiger partial charge is 0.399 e. The van der Waals surface area contributed by atoms with Gasteiger partial charge >= 0.3 is 0 Å². The average Bonchev–Trinajstić information content (AvgIpc) is 2.55. The highest BCUT2D eigenvalue weighted by Gasteiger charge is 2.13. The molecule has 1 aromatic rings. The first kappa shape index (κ1) is 19.9. The summed E-state index contributed by atoms with van der Waals surface area (Å²) in [5, 5.41) is 1.73. The molecule has 0 fully saturated rings. The number of anilines is 1. The van der Waals surface area contributed by atoms with Gasteiger partial charge in [0.2, 0.25) is 0 Å². The van der Waals surface area contributed by atoms with Gasteiger partial charge in [-0.2, -0.15) is 0 Å². The van der Waals surface area contributed by atoms with Crippen LogP contribution < -0.4 is 5.73 Å². The third-order valence-corrected chi connectivity index (χ3v) is 5.74. The number of hydrogen-bond acceptors (Lipinski definition) is 6. The maximum atomic E-state index is 12.5. The lowest BCUT2D eigenvalue weighted by molar-refractivity contribution is 0.0870. The summed E-state index contributed by atoms with van der Waals surface area (Å²) in [5.41, 5.74) is 6.26. The molecule has 24 heavy (non-hydrogen) atoms. The Kier molecular flexibility index (Phi) is 6.73. The number of benzene rings is 1. The number of carbonyl (C=O) groups is 1. The van der Waals surface area contributed by atoms with Gasteiger partial charge in [-0.3, -0.25) is 9.69 Å². The molecule has 0 aliphatic heterocycles. The topological polar surface area (TPSA) is 115 Å². The van der Waals surface area contributed by atoms with Crippen molar-refractivity contribution in [3.8, 4) is 0 Å². The lowest BCUT2D eigenvalue weighted by Gasteiger charge is -2.13. The number of sulfone groups is 2. The first-order valence-electron chi connectivity index (χ1n) is 7.10. The summed E-state index contributed by atoms with van der Waals surface area (Å²) < 4.78 is 46.3. The maximum Gasteiger partial charge on any atom is 0.261 e. The van der Waals surface area contributed by atoms with Crippen molar-refractivity contribution in [1.82, 2.24) is 4.90 Å². The van der Waals surface area contributed by atoms with Crippen LogP contribution in [0.3, 0.4) is 0 Å². The summed E-state index contributed by atoms with van der Waals surface area (Å²) in [6.07, 6.45) is 2.05. The minimum atomic E-state index is -3.47. The van der Waals surface area contributed by atoms with Crippen LogP contribution in [0.25, 0.3) is 0 Å². The lowest BCUT2D eigenvalue weighted by Crippen LogP contribution is -2.21. The fraction of sp³-hybridized carbons (Fsp3) is 0.267. The van der Waals surface area contributed by atoms with E-state index in [0.29, 0.717) is 5.69 Å². The van der Waals surface area contributed by atoms with Crippen molar-refractivity contribution in [3.05, 3.63) is 53.0 Å². The molecule has 0 atom stereocenters. The van der Waals surface area contributed by atoms with Crippen LogP contribution in [-0.4, -0.2) is 39.1 Å². The van der Waals surface area contributed by atoms with E-state index in [2.05, 4.69) is 0 Å². The second-order valence-corrected chi connectivity index (χ2v) is 9.16. The highest BCUT2D eigenvalue weighted by molar-refractivity contribution is 7.94. The Hall–Kier alpha value is -2.13. The van der Waals surface area contributed by atoms with Gasteiger partial charge in [0, 0.05) is 34.5 Å². The van der Waals surface area contributed by atoms with Crippen molar-refractivity contribution in [2.45, 2.75) is 13.8 Å². The smallest absolute Gasteiger partial charge is 0.261 e. The van der Waals surface area contributed by atoms with E-state index in [0.717, 1.165) is 28.1 Å². The molecule has 0 saturated heterocycles. The zero-order valence-electron chi connectivity index (χ0n) is 13.4. The Morgan fingerprint density at radius 3 is 1.75 bits per heavy atom. The van der Waals surface area contributed by atoms with Crippen LogP contribution in [0.5, 0.6) is 0 Å². The monoisotopic (exact) mass is 372 g/mol. The molecule has 1 amide bonds. The van der Waals surface area contributed by atoms with Crippen molar-refractivity contribution >= 4 is 31.3 Å². The number of amides is 1. The van der Waals surface area contributed by atoms with Gasteiger partial charge in [0.1, 0.15) is 0 Å². The molecule has 9 heteroatoms. The van der Waals surface area contributed by atoms with E-state index in [4.69, 9.17) is 5.73 Å². The van der Waals surface area contributed by atoms with Crippen LogP contribution in [0, 0.1) is 0 Å². The van der Waals surface area contributed by atoms with Crippen LogP contribution in [0.15, 0.2) is 47.5 Å². The van der Waals surface area contributed by atoms with E-state index in [1.54, 1.807) is 0 Å². The first-order valence-corrected chi connectivity index (χ1v) is 10.5. The molecule has 7 nitrogen and oxygen atoms in total. The third kappa shape index (κ3) is 6.17.